The fourth-order valence-corrected chi connectivity index (χ4v) is 4.18. The topological polar surface area (TPSA) is 113 Å². The van der Waals surface area contributed by atoms with Crippen LogP contribution >= 0.6 is 0 Å². The van der Waals surface area contributed by atoms with Crippen molar-refractivity contribution in [2.24, 2.45) is 0 Å². The fraction of sp³-hybridized carbons (Fsp3) is 0.350. The highest BCUT2D eigenvalue weighted by Crippen LogP contribution is 2.41. The molecule has 31 heavy (non-hydrogen) atoms. The lowest BCUT2D eigenvalue weighted by Gasteiger charge is -2.33. The van der Waals surface area contributed by atoms with Gasteiger partial charge in [-0.15, -0.1) is 0 Å². The number of hydrogen-bond acceptors (Lipinski definition) is 8. The van der Waals surface area contributed by atoms with Crippen LogP contribution in [0.1, 0.15) is 22.5 Å². The first-order valence-corrected chi connectivity index (χ1v) is 9.77. The number of aromatic carboxylic acids is 1. The molecule has 2 aliphatic heterocycles. The number of nitrogens with zero attached hydrogens (tertiary/aromatic N) is 4. The fourth-order valence-electron chi connectivity index (χ4n) is 4.18. The molecule has 1 aromatic carbocycles. The number of pyridine rings is 1. The Balaban J connectivity index is 1.58. The van der Waals surface area contributed by atoms with Gasteiger partial charge in [0.2, 0.25) is 11.3 Å². The van der Waals surface area contributed by atoms with Crippen LogP contribution in [0.4, 0.5) is 16.0 Å². The Labute approximate surface area is 175 Å². The van der Waals surface area contributed by atoms with E-state index in [9.17, 15) is 14.7 Å². The number of aryl methyl sites for hydroxylation is 1. The first kappa shape index (κ1) is 19.2. The van der Waals surface area contributed by atoms with Crippen molar-refractivity contribution in [3.05, 3.63) is 45.6 Å². The van der Waals surface area contributed by atoms with Crippen molar-refractivity contribution in [2.45, 2.75) is 19.4 Å². The number of nitrogens with one attached hydrogen (secondary N) is 1. The van der Waals surface area contributed by atoms with E-state index in [0.717, 1.165) is 18.2 Å². The Bertz CT molecular complexity index is 1270. The van der Waals surface area contributed by atoms with Gasteiger partial charge in [-0.3, -0.25) is 14.5 Å². The third kappa shape index (κ3) is 3.04. The minimum Gasteiger partial charge on any atom is -0.477 e. The molecule has 4 heterocycles. The Hall–Kier alpha value is -3.76. The quantitative estimate of drug-likeness (QED) is 0.640. The summed E-state index contributed by atoms with van der Waals surface area (Å²) in [5.41, 5.74) is 0.203. The number of hydrogen-bond donors (Lipinski definition) is 2. The molecule has 0 radical (unpaired) electrons. The molecular weight excluding hydrogens is 409 g/mol. The maximum absolute atomic E-state index is 15.3. The predicted molar refractivity (Wildman–Crippen MR) is 110 cm³/mol. The van der Waals surface area contributed by atoms with Crippen LogP contribution in [0.15, 0.2) is 27.6 Å². The molecule has 0 unspecified atom stereocenters. The van der Waals surface area contributed by atoms with Crippen LogP contribution in [0.5, 0.6) is 5.75 Å². The van der Waals surface area contributed by atoms with E-state index in [-0.39, 0.29) is 29.6 Å². The van der Waals surface area contributed by atoms with Gasteiger partial charge in [0.15, 0.2) is 18.3 Å². The zero-order chi connectivity index (χ0) is 21.9. The van der Waals surface area contributed by atoms with E-state index >= 15 is 4.39 Å². The SMILES string of the molecule is Cc1cc(N[C@H]2CCN(c3c(F)cc4c(=O)c(C(=O)O)cn5c4c3OCN5C)C2)on1. The highest BCUT2D eigenvalue weighted by Gasteiger charge is 2.33. The van der Waals surface area contributed by atoms with Gasteiger partial charge in [0.25, 0.3) is 0 Å². The number of anilines is 2. The molecule has 1 saturated heterocycles. The van der Waals surface area contributed by atoms with Crippen molar-refractivity contribution in [1.29, 1.82) is 0 Å². The lowest BCUT2D eigenvalue weighted by molar-refractivity contribution is 0.0694. The number of ether oxygens (including phenoxy) is 1. The molecule has 0 bridgehead atoms. The van der Waals surface area contributed by atoms with Crippen LogP contribution in [0, 0.1) is 12.7 Å². The molecule has 11 heteroatoms. The molecule has 2 aromatic heterocycles. The summed E-state index contributed by atoms with van der Waals surface area (Å²) in [6.45, 7) is 2.96. The third-order valence-corrected chi connectivity index (χ3v) is 5.63. The summed E-state index contributed by atoms with van der Waals surface area (Å²) in [5, 5.41) is 18.1. The Kier molecular flexibility index (Phi) is 4.27. The molecule has 0 amide bonds. The van der Waals surface area contributed by atoms with Crippen molar-refractivity contribution in [1.82, 2.24) is 9.83 Å². The molecule has 1 atom stereocenters. The normalized spacial score (nSPS) is 17.8. The lowest BCUT2D eigenvalue weighted by atomic mass is 10.1. The smallest absolute Gasteiger partial charge is 0.341 e. The monoisotopic (exact) mass is 429 g/mol. The first-order chi connectivity index (χ1) is 14.8. The van der Waals surface area contributed by atoms with Gasteiger partial charge in [-0.1, -0.05) is 5.16 Å². The number of aromatic nitrogens is 2. The summed E-state index contributed by atoms with van der Waals surface area (Å²) in [6, 6.07) is 2.90. The lowest BCUT2D eigenvalue weighted by Crippen LogP contribution is -2.40. The molecule has 1 fully saturated rings. The molecule has 2 N–H and O–H groups in total. The maximum atomic E-state index is 15.3. The largest absolute Gasteiger partial charge is 0.477 e. The highest BCUT2D eigenvalue weighted by atomic mass is 19.1. The summed E-state index contributed by atoms with van der Waals surface area (Å²) in [5.74, 6) is -1.21. The Morgan fingerprint density at radius 2 is 2.19 bits per heavy atom. The minimum atomic E-state index is -1.36. The molecule has 10 nitrogen and oxygen atoms in total. The molecule has 5 rings (SSSR count). The molecular formula is C20H20FN5O5. The second-order valence-corrected chi connectivity index (χ2v) is 7.79. The van der Waals surface area contributed by atoms with E-state index < -0.39 is 22.8 Å². The predicted octanol–water partition coefficient (Wildman–Crippen LogP) is 1.74. The molecule has 0 saturated carbocycles. The van der Waals surface area contributed by atoms with Gasteiger partial charge >= 0.3 is 5.97 Å². The second kappa shape index (κ2) is 6.89. The number of benzene rings is 1. The van der Waals surface area contributed by atoms with Crippen molar-refractivity contribution < 1.29 is 23.6 Å². The summed E-state index contributed by atoms with van der Waals surface area (Å²) in [6.07, 6.45) is 1.99. The van der Waals surface area contributed by atoms with Crippen molar-refractivity contribution >= 4 is 28.4 Å². The Morgan fingerprint density at radius 3 is 2.90 bits per heavy atom. The van der Waals surface area contributed by atoms with Gasteiger partial charge in [0.1, 0.15) is 16.8 Å². The van der Waals surface area contributed by atoms with Crippen LogP contribution < -0.4 is 25.4 Å². The number of carboxylic acid groups (broad SMARTS) is 1. The van der Waals surface area contributed by atoms with E-state index in [1.54, 1.807) is 18.1 Å². The maximum Gasteiger partial charge on any atom is 0.341 e. The summed E-state index contributed by atoms with van der Waals surface area (Å²) in [7, 11) is 1.69. The molecule has 162 valence electrons. The Morgan fingerprint density at radius 1 is 1.39 bits per heavy atom. The van der Waals surface area contributed by atoms with Crippen molar-refractivity contribution in [2.75, 3.05) is 42.1 Å². The van der Waals surface area contributed by atoms with Crippen LogP contribution in [0.2, 0.25) is 0 Å². The van der Waals surface area contributed by atoms with Gasteiger partial charge in [-0.25, -0.2) is 9.18 Å². The van der Waals surface area contributed by atoms with E-state index in [2.05, 4.69) is 10.5 Å². The standard InChI is InChI=1S/C20H20FN5O5/c1-10-5-15(31-23-10)22-11-3-4-25(7-11)17-14(21)6-12-16-19(17)30-9-24(2)26(16)8-13(18(12)27)20(28)29/h5-6,8,11,22H,3-4,7,9H2,1-2H3,(H,28,29)/t11-/m0/s1. The highest BCUT2D eigenvalue weighted by molar-refractivity contribution is 5.97. The van der Waals surface area contributed by atoms with E-state index in [4.69, 9.17) is 9.26 Å². The number of rotatable bonds is 4. The van der Waals surface area contributed by atoms with Crippen molar-refractivity contribution in [3.8, 4) is 5.75 Å². The van der Waals surface area contributed by atoms with Crippen LogP contribution in [0.25, 0.3) is 10.9 Å². The molecule has 0 spiro atoms. The zero-order valence-corrected chi connectivity index (χ0v) is 16.9. The third-order valence-electron chi connectivity index (χ3n) is 5.63. The minimum absolute atomic E-state index is 0.0116. The van der Waals surface area contributed by atoms with Gasteiger partial charge in [-0.05, 0) is 19.4 Å². The summed E-state index contributed by atoms with van der Waals surface area (Å²) in [4.78, 5) is 26.1. The zero-order valence-electron chi connectivity index (χ0n) is 16.9. The molecule has 3 aromatic rings. The average molecular weight is 429 g/mol. The number of halogens is 1. The van der Waals surface area contributed by atoms with Crippen molar-refractivity contribution in [3.63, 3.8) is 0 Å². The molecule has 0 aliphatic carbocycles. The summed E-state index contributed by atoms with van der Waals surface area (Å²) < 4.78 is 27.8. The number of carboxylic acids is 1. The van der Waals surface area contributed by atoms with E-state index in [0.29, 0.717) is 24.5 Å². The van der Waals surface area contributed by atoms with Crippen LogP contribution in [-0.2, 0) is 0 Å². The van der Waals surface area contributed by atoms with Crippen LogP contribution in [-0.4, -0.2) is 53.8 Å². The van der Waals surface area contributed by atoms with Gasteiger partial charge < -0.3 is 24.6 Å². The second-order valence-electron chi connectivity index (χ2n) is 7.79. The van der Waals surface area contributed by atoms with Crippen LogP contribution in [0.3, 0.4) is 0 Å². The van der Waals surface area contributed by atoms with Gasteiger partial charge in [0, 0.05) is 38.4 Å². The average Bonchev–Trinajstić information content (AvgIpc) is 3.34. The summed E-state index contributed by atoms with van der Waals surface area (Å²) >= 11 is 0. The van der Waals surface area contributed by atoms with E-state index in [1.165, 1.54) is 10.9 Å². The van der Waals surface area contributed by atoms with Gasteiger partial charge in [-0.2, -0.15) is 0 Å². The number of carbonyl (C=O) groups is 1. The first-order valence-electron chi connectivity index (χ1n) is 9.77. The molecule has 2 aliphatic rings. The van der Waals surface area contributed by atoms with Gasteiger partial charge in [0.05, 0.1) is 11.1 Å². The van der Waals surface area contributed by atoms with E-state index in [1.807, 2.05) is 11.8 Å².